The molecule has 10 heteroatoms. The van der Waals surface area contributed by atoms with E-state index in [9.17, 15) is 14.7 Å². The topological polar surface area (TPSA) is 116 Å². The molecule has 2 amide bonds. The molecular weight excluding hydrogens is 378 g/mol. The molecule has 0 aliphatic carbocycles. The fraction of sp³-hybridized carbons (Fsp3) is 0.526. The maximum atomic E-state index is 12.0. The molecule has 0 radical (unpaired) electrons. The van der Waals surface area contributed by atoms with Crippen LogP contribution in [0, 0.1) is 0 Å². The third kappa shape index (κ3) is 4.50. The Labute approximate surface area is 168 Å². The van der Waals surface area contributed by atoms with Crippen LogP contribution in [0.25, 0.3) is 0 Å². The Morgan fingerprint density at radius 1 is 1.38 bits per heavy atom. The molecule has 1 aromatic rings. The normalized spacial score (nSPS) is 21.1. The summed E-state index contributed by atoms with van der Waals surface area (Å²) in [6.07, 6.45) is 0.988. The van der Waals surface area contributed by atoms with E-state index in [1.165, 1.54) is 0 Å². The minimum atomic E-state index is -0.614. The van der Waals surface area contributed by atoms with Crippen molar-refractivity contribution in [2.75, 3.05) is 39.5 Å². The number of carbonyl (C=O) groups excluding carboxylic acids is 2. The molecule has 3 aliphatic heterocycles. The van der Waals surface area contributed by atoms with E-state index in [1.54, 1.807) is 4.90 Å². The Hall–Kier alpha value is -2.69. The highest BCUT2D eigenvalue weighted by molar-refractivity contribution is 6.07. The van der Waals surface area contributed by atoms with E-state index in [-0.39, 0.29) is 18.4 Å². The molecule has 1 atom stereocenters. The molecule has 156 valence electrons. The number of rotatable bonds is 7. The number of fused-ring (bicyclic) bond motifs is 2. The number of nitrogens with zero attached hydrogens (tertiary/aromatic N) is 3. The Kier molecular flexibility index (Phi) is 5.93. The smallest absolute Gasteiger partial charge is 0.251 e. The van der Waals surface area contributed by atoms with Crippen LogP contribution in [0.1, 0.15) is 18.4 Å². The van der Waals surface area contributed by atoms with Gasteiger partial charge in [-0.05, 0) is 24.6 Å². The largest absolute Gasteiger partial charge is 0.494 e. The number of nitrogens with one attached hydrogen (secondary N) is 2. The minimum Gasteiger partial charge on any atom is -0.494 e. The summed E-state index contributed by atoms with van der Waals surface area (Å²) in [6.45, 7) is 3.31. The summed E-state index contributed by atoms with van der Waals surface area (Å²) in [5.41, 5.74) is 4.57. The Bertz CT molecular complexity index is 808. The second-order valence-electron chi connectivity index (χ2n) is 7.13. The van der Waals surface area contributed by atoms with Gasteiger partial charge in [0.2, 0.25) is 11.9 Å². The standard InChI is InChI=1S/C19H25N5O5/c25-12-16-18(27)21-19-20-15-4-3-14(10-13(15)11-24(16)19)29-7-1-2-17(26)22-23-5-8-28-9-6-23/h3-4,10,16,25H,1-2,5-9,11-12H2,(H,22,26)(H,20,21,27). The highest BCUT2D eigenvalue weighted by Gasteiger charge is 2.38. The molecule has 3 heterocycles. The van der Waals surface area contributed by atoms with Gasteiger partial charge in [-0.15, -0.1) is 0 Å². The predicted octanol–water partition coefficient (Wildman–Crippen LogP) is -0.497. The Morgan fingerprint density at radius 2 is 2.21 bits per heavy atom. The number of hydrogen-bond donors (Lipinski definition) is 3. The quantitative estimate of drug-likeness (QED) is 0.526. The third-order valence-corrected chi connectivity index (χ3v) is 5.09. The van der Waals surface area contributed by atoms with E-state index < -0.39 is 6.04 Å². The van der Waals surface area contributed by atoms with Crippen molar-refractivity contribution in [1.82, 2.24) is 20.7 Å². The SMILES string of the molecule is O=C(CCCOc1ccc2c(c1)CN1C(=N2)NC(=O)C1CO)NN1CCOCC1. The number of hydrogen-bond acceptors (Lipinski definition) is 8. The molecular formula is C19H25N5O5. The lowest BCUT2D eigenvalue weighted by molar-refractivity contribution is -0.128. The molecule has 4 rings (SSSR count). The first-order chi connectivity index (χ1) is 14.1. The van der Waals surface area contributed by atoms with Gasteiger partial charge in [0.25, 0.3) is 5.91 Å². The van der Waals surface area contributed by atoms with Crippen molar-refractivity contribution in [3.05, 3.63) is 23.8 Å². The molecule has 3 aliphatic rings. The number of aliphatic hydroxyl groups is 1. The molecule has 0 bridgehead atoms. The molecule has 1 unspecified atom stereocenters. The van der Waals surface area contributed by atoms with Crippen molar-refractivity contribution in [2.24, 2.45) is 4.99 Å². The lowest BCUT2D eigenvalue weighted by Crippen LogP contribution is -2.48. The molecule has 2 saturated heterocycles. The summed E-state index contributed by atoms with van der Waals surface area (Å²) < 4.78 is 11.0. The summed E-state index contributed by atoms with van der Waals surface area (Å²) in [5, 5.41) is 14.0. The van der Waals surface area contributed by atoms with Crippen molar-refractivity contribution in [3.63, 3.8) is 0 Å². The molecule has 2 fully saturated rings. The number of carbonyl (C=O) groups is 2. The van der Waals surface area contributed by atoms with Crippen molar-refractivity contribution in [1.29, 1.82) is 0 Å². The number of amides is 2. The first kappa shape index (κ1) is 19.6. The molecule has 0 aromatic heterocycles. The van der Waals surface area contributed by atoms with E-state index in [4.69, 9.17) is 9.47 Å². The van der Waals surface area contributed by atoms with Crippen LogP contribution in [0.15, 0.2) is 23.2 Å². The van der Waals surface area contributed by atoms with Gasteiger partial charge in [-0.2, -0.15) is 0 Å². The van der Waals surface area contributed by atoms with Gasteiger partial charge < -0.3 is 19.5 Å². The van der Waals surface area contributed by atoms with Gasteiger partial charge in [0.1, 0.15) is 11.8 Å². The minimum absolute atomic E-state index is 0.0240. The van der Waals surface area contributed by atoms with Crippen molar-refractivity contribution >= 4 is 23.5 Å². The van der Waals surface area contributed by atoms with Crippen molar-refractivity contribution in [3.8, 4) is 5.75 Å². The van der Waals surface area contributed by atoms with Gasteiger partial charge in [0.05, 0.1) is 32.1 Å². The summed E-state index contributed by atoms with van der Waals surface area (Å²) in [7, 11) is 0. The summed E-state index contributed by atoms with van der Waals surface area (Å²) >= 11 is 0. The lowest BCUT2D eigenvalue weighted by atomic mass is 10.1. The second-order valence-corrected chi connectivity index (χ2v) is 7.13. The van der Waals surface area contributed by atoms with E-state index in [0.29, 0.717) is 64.0 Å². The van der Waals surface area contributed by atoms with Crippen LogP contribution in [0.5, 0.6) is 5.75 Å². The van der Waals surface area contributed by atoms with Crippen LogP contribution >= 0.6 is 0 Å². The molecule has 10 nitrogen and oxygen atoms in total. The zero-order valence-corrected chi connectivity index (χ0v) is 16.1. The number of aliphatic imine (C=N–C) groups is 1. The van der Waals surface area contributed by atoms with Crippen LogP contribution in [0.2, 0.25) is 0 Å². The summed E-state index contributed by atoms with van der Waals surface area (Å²) in [5.74, 6) is 0.895. The fourth-order valence-electron chi connectivity index (χ4n) is 3.53. The van der Waals surface area contributed by atoms with Gasteiger partial charge in [-0.3, -0.25) is 20.3 Å². The maximum absolute atomic E-state index is 12.0. The van der Waals surface area contributed by atoms with Crippen LogP contribution in [-0.4, -0.2) is 78.3 Å². The fourth-order valence-corrected chi connectivity index (χ4v) is 3.53. The van der Waals surface area contributed by atoms with E-state index in [1.807, 2.05) is 23.2 Å². The Balaban J connectivity index is 1.26. The Morgan fingerprint density at radius 3 is 3.00 bits per heavy atom. The zero-order chi connectivity index (χ0) is 20.2. The van der Waals surface area contributed by atoms with E-state index >= 15 is 0 Å². The van der Waals surface area contributed by atoms with E-state index in [2.05, 4.69) is 15.7 Å². The van der Waals surface area contributed by atoms with Crippen LogP contribution in [-0.2, 0) is 20.9 Å². The van der Waals surface area contributed by atoms with Crippen LogP contribution in [0.4, 0.5) is 5.69 Å². The van der Waals surface area contributed by atoms with Gasteiger partial charge in [-0.1, -0.05) is 0 Å². The van der Waals surface area contributed by atoms with Crippen LogP contribution in [0.3, 0.4) is 0 Å². The molecule has 29 heavy (non-hydrogen) atoms. The van der Waals surface area contributed by atoms with E-state index in [0.717, 1.165) is 11.3 Å². The first-order valence-electron chi connectivity index (χ1n) is 9.79. The predicted molar refractivity (Wildman–Crippen MR) is 103 cm³/mol. The molecule has 1 aromatic carbocycles. The second kappa shape index (κ2) is 8.76. The first-order valence-corrected chi connectivity index (χ1v) is 9.79. The van der Waals surface area contributed by atoms with Gasteiger partial charge in [0.15, 0.2) is 0 Å². The number of aliphatic hydroxyl groups excluding tert-OH is 1. The third-order valence-electron chi connectivity index (χ3n) is 5.09. The lowest BCUT2D eigenvalue weighted by Gasteiger charge is -2.27. The number of guanidine groups is 1. The maximum Gasteiger partial charge on any atom is 0.251 e. The van der Waals surface area contributed by atoms with Gasteiger partial charge >= 0.3 is 0 Å². The molecule has 0 spiro atoms. The average Bonchev–Trinajstić information content (AvgIpc) is 3.04. The van der Waals surface area contributed by atoms with Crippen molar-refractivity contribution in [2.45, 2.75) is 25.4 Å². The summed E-state index contributed by atoms with van der Waals surface area (Å²) in [4.78, 5) is 30.1. The zero-order valence-electron chi connectivity index (χ0n) is 16.1. The number of hydrazine groups is 1. The number of morpholine rings is 1. The summed E-state index contributed by atoms with van der Waals surface area (Å²) in [6, 6.07) is 4.95. The molecule has 0 saturated carbocycles. The van der Waals surface area contributed by atoms with Gasteiger partial charge in [0, 0.05) is 31.6 Å². The highest BCUT2D eigenvalue weighted by atomic mass is 16.5. The monoisotopic (exact) mass is 403 g/mol. The van der Waals surface area contributed by atoms with Gasteiger partial charge in [-0.25, -0.2) is 10.0 Å². The number of benzene rings is 1. The van der Waals surface area contributed by atoms with Crippen LogP contribution < -0.4 is 15.5 Å². The average molecular weight is 403 g/mol. The highest BCUT2D eigenvalue weighted by Crippen LogP contribution is 2.31. The molecule has 3 N–H and O–H groups in total. The number of ether oxygens (including phenoxy) is 2. The van der Waals surface area contributed by atoms with Crippen molar-refractivity contribution < 1.29 is 24.2 Å².